The Kier molecular flexibility index (Phi) is 8.03. The number of ether oxygens (including phenoxy) is 1. The molecule has 1 saturated heterocycles. The van der Waals surface area contributed by atoms with Crippen molar-refractivity contribution in [3.8, 4) is 0 Å². The molecule has 8 nitrogen and oxygen atoms in total. The number of rotatable bonds is 6. The summed E-state index contributed by atoms with van der Waals surface area (Å²) in [5.41, 5.74) is 3.03. The molecule has 0 spiro atoms. The quantitative estimate of drug-likeness (QED) is 0.534. The lowest BCUT2D eigenvalue weighted by molar-refractivity contribution is -0.192. The molecular weight excluding hydrogens is 446 g/mol. The summed E-state index contributed by atoms with van der Waals surface area (Å²) in [6.45, 7) is 4.36. The average Bonchev–Trinajstić information content (AvgIpc) is 3.36. The van der Waals surface area contributed by atoms with Gasteiger partial charge >= 0.3 is 12.1 Å². The molecule has 0 atom stereocenters. The van der Waals surface area contributed by atoms with Crippen LogP contribution >= 0.6 is 0 Å². The predicted octanol–water partition coefficient (Wildman–Crippen LogP) is 3.59. The molecule has 0 amide bonds. The molecule has 0 radical (unpaired) electrons. The van der Waals surface area contributed by atoms with Crippen LogP contribution in [0.15, 0.2) is 30.6 Å². The number of aromatic nitrogens is 4. The van der Waals surface area contributed by atoms with E-state index in [1.807, 2.05) is 17.1 Å². The number of H-pyrrole nitrogens is 1. The highest BCUT2D eigenvalue weighted by Gasteiger charge is 2.38. The molecule has 0 aliphatic carbocycles. The molecule has 2 aromatic heterocycles. The van der Waals surface area contributed by atoms with Crippen LogP contribution in [0, 0.1) is 11.7 Å². The van der Waals surface area contributed by atoms with Crippen LogP contribution in [0.4, 0.5) is 17.6 Å². The number of aromatic amines is 1. The van der Waals surface area contributed by atoms with Crippen molar-refractivity contribution in [1.29, 1.82) is 0 Å². The molecule has 1 aliphatic rings. The Hall–Kier alpha value is -2.99. The minimum atomic E-state index is -5.08. The van der Waals surface area contributed by atoms with Crippen LogP contribution in [0.3, 0.4) is 0 Å². The number of aliphatic carboxylic acids is 1. The molecule has 0 unspecified atom stereocenters. The molecule has 1 fully saturated rings. The molecule has 2 N–H and O–H groups in total. The van der Waals surface area contributed by atoms with Gasteiger partial charge in [0.15, 0.2) is 0 Å². The van der Waals surface area contributed by atoms with Crippen molar-refractivity contribution in [1.82, 2.24) is 24.9 Å². The number of hydrogen-bond acceptors (Lipinski definition) is 5. The van der Waals surface area contributed by atoms with E-state index < -0.39 is 12.1 Å². The summed E-state index contributed by atoms with van der Waals surface area (Å²) in [5, 5.41) is 16.4. The zero-order valence-corrected chi connectivity index (χ0v) is 18.0. The summed E-state index contributed by atoms with van der Waals surface area (Å²) in [6, 6.07) is 4.92. The van der Waals surface area contributed by atoms with E-state index in [1.54, 1.807) is 19.2 Å². The first-order valence-electron chi connectivity index (χ1n) is 10.3. The molecule has 33 heavy (non-hydrogen) atoms. The number of alkyl halides is 3. The van der Waals surface area contributed by atoms with Gasteiger partial charge in [-0.3, -0.25) is 9.58 Å². The number of piperidine rings is 1. The summed E-state index contributed by atoms with van der Waals surface area (Å²) in [7, 11) is 1.66. The number of carboxylic acid groups (broad SMARTS) is 1. The van der Waals surface area contributed by atoms with E-state index in [0.717, 1.165) is 55.6 Å². The SMILES string of the molecule is COCc1cn(CC2CCN(Cc3c[nH]c4ccc(F)cc34)CC2)nn1.O=C(O)C(F)(F)F. The minimum absolute atomic E-state index is 0.183. The molecule has 180 valence electrons. The second-order valence-electron chi connectivity index (χ2n) is 7.89. The van der Waals surface area contributed by atoms with Crippen molar-refractivity contribution in [3.63, 3.8) is 0 Å². The normalized spacial score (nSPS) is 15.4. The third-order valence-electron chi connectivity index (χ3n) is 5.40. The number of benzene rings is 1. The van der Waals surface area contributed by atoms with Gasteiger partial charge in [0.05, 0.1) is 12.8 Å². The summed E-state index contributed by atoms with van der Waals surface area (Å²) >= 11 is 0. The van der Waals surface area contributed by atoms with Crippen molar-refractivity contribution in [2.45, 2.75) is 38.7 Å². The second kappa shape index (κ2) is 10.8. The van der Waals surface area contributed by atoms with E-state index in [1.165, 1.54) is 11.6 Å². The number of halogens is 4. The minimum Gasteiger partial charge on any atom is -0.475 e. The third kappa shape index (κ3) is 6.99. The monoisotopic (exact) mass is 471 g/mol. The first-order chi connectivity index (χ1) is 15.7. The lowest BCUT2D eigenvalue weighted by atomic mass is 9.96. The van der Waals surface area contributed by atoms with Gasteiger partial charge in [0.2, 0.25) is 0 Å². The third-order valence-corrected chi connectivity index (χ3v) is 5.40. The lowest BCUT2D eigenvalue weighted by Crippen LogP contribution is -2.34. The Morgan fingerprint density at radius 1 is 1.30 bits per heavy atom. The fourth-order valence-electron chi connectivity index (χ4n) is 3.76. The van der Waals surface area contributed by atoms with Crippen molar-refractivity contribution in [2.75, 3.05) is 20.2 Å². The van der Waals surface area contributed by atoms with Gasteiger partial charge in [0.1, 0.15) is 11.5 Å². The first-order valence-corrected chi connectivity index (χ1v) is 10.3. The molecule has 4 rings (SSSR count). The van der Waals surface area contributed by atoms with Crippen molar-refractivity contribution in [3.05, 3.63) is 47.7 Å². The fourth-order valence-corrected chi connectivity index (χ4v) is 3.76. The maximum absolute atomic E-state index is 13.5. The largest absolute Gasteiger partial charge is 0.490 e. The summed E-state index contributed by atoms with van der Waals surface area (Å²) in [4.78, 5) is 14.6. The van der Waals surface area contributed by atoms with Gasteiger partial charge in [-0.1, -0.05) is 5.21 Å². The van der Waals surface area contributed by atoms with Gasteiger partial charge in [-0.25, -0.2) is 9.18 Å². The van der Waals surface area contributed by atoms with Gasteiger partial charge in [0.25, 0.3) is 0 Å². The van der Waals surface area contributed by atoms with Crippen LogP contribution in [0.25, 0.3) is 10.9 Å². The number of nitrogens with one attached hydrogen (secondary N) is 1. The Labute approximate surface area is 187 Å². The number of likely N-dealkylation sites (tertiary alicyclic amines) is 1. The molecule has 0 bridgehead atoms. The van der Waals surface area contributed by atoms with E-state index >= 15 is 0 Å². The van der Waals surface area contributed by atoms with Gasteiger partial charge in [-0.05, 0) is 55.6 Å². The number of carbonyl (C=O) groups is 1. The summed E-state index contributed by atoms with van der Waals surface area (Å²) in [6.07, 6.45) is 1.16. The van der Waals surface area contributed by atoms with Crippen molar-refractivity contribution >= 4 is 16.9 Å². The lowest BCUT2D eigenvalue weighted by Gasteiger charge is -2.31. The number of carboxylic acids is 1. The van der Waals surface area contributed by atoms with E-state index in [-0.39, 0.29) is 5.82 Å². The summed E-state index contributed by atoms with van der Waals surface area (Å²) < 4.78 is 52.3. The molecule has 12 heteroatoms. The topological polar surface area (TPSA) is 96.3 Å². The van der Waals surface area contributed by atoms with E-state index in [2.05, 4.69) is 20.2 Å². The zero-order valence-electron chi connectivity index (χ0n) is 18.0. The van der Waals surface area contributed by atoms with Gasteiger partial charge in [0, 0.05) is 37.3 Å². The predicted molar refractivity (Wildman–Crippen MR) is 111 cm³/mol. The molecule has 1 aliphatic heterocycles. The van der Waals surface area contributed by atoms with Crippen LogP contribution in [-0.4, -0.2) is 62.3 Å². The number of hydrogen-bond donors (Lipinski definition) is 2. The highest BCUT2D eigenvalue weighted by molar-refractivity contribution is 5.83. The van der Waals surface area contributed by atoms with Crippen LogP contribution in [0.1, 0.15) is 24.1 Å². The fraction of sp³-hybridized carbons (Fsp3) is 0.476. The van der Waals surface area contributed by atoms with Crippen molar-refractivity contribution in [2.24, 2.45) is 5.92 Å². The highest BCUT2D eigenvalue weighted by Crippen LogP contribution is 2.24. The van der Waals surface area contributed by atoms with Crippen LogP contribution < -0.4 is 0 Å². The molecule has 3 aromatic rings. The molecule has 3 heterocycles. The Balaban J connectivity index is 0.000000383. The highest BCUT2D eigenvalue weighted by atomic mass is 19.4. The maximum atomic E-state index is 13.5. The smallest absolute Gasteiger partial charge is 0.475 e. The number of methoxy groups -OCH3 is 1. The van der Waals surface area contributed by atoms with E-state index in [0.29, 0.717) is 12.5 Å². The molecule has 1 aromatic carbocycles. The Morgan fingerprint density at radius 2 is 2.00 bits per heavy atom. The average molecular weight is 471 g/mol. The Morgan fingerprint density at radius 3 is 2.64 bits per heavy atom. The second-order valence-corrected chi connectivity index (χ2v) is 7.89. The van der Waals surface area contributed by atoms with Crippen LogP contribution in [-0.2, 0) is 29.2 Å². The number of nitrogens with zero attached hydrogens (tertiary/aromatic N) is 4. The van der Waals surface area contributed by atoms with E-state index in [9.17, 15) is 17.6 Å². The zero-order chi connectivity index (χ0) is 24.0. The molecular formula is C21H25F4N5O3. The van der Waals surface area contributed by atoms with Crippen LogP contribution in [0.2, 0.25) is 0 Å². The van der Waals surface area contributed by atoms with Crippen molar-refractivity contribution < 1.29 is 32.2 Å². The summed E-state index contributed by atoms with van der Waals surface area (Å²) in [5.74, 6) is -2.33. The molecule has 0 saturated carbocycles. The Bertz CT molecular complexity index is 1060. The standard InChI is InChI=1S/C19H24FN5O.C2HF3O2/c1-26-13-17-12-25(23-22-17)10-14-4-6-24(7-5-14)11-15-9-21-19-3-2-16(20)8-18(15)19;3-2(4,5)1(6)7/h2-3,8-9,12,14,21H,4-7,10-11,13H2,1H3;(H,6,7). The van der Waals surface area contributed by atoms with E-state index in [4.69, 9.17) is 14.6 Å². The van der Waals surface area contributed by atoms with Gasteiger partial charge in [-0.15, -0.1) is 5.10 Å². The number of fused-ring (bicyclic) bond motifs is 1. The maximum Gasteiger partial charge on any atom is 0.490 e. The van der Waals surface area contributed by atoms with Gasteiger partial charge < -0.3 is 14.8 Å². The van der Waals surface area contributed by atoms with Crippen LogP contribution in [0.5, 0.6) is 0 Å². The first kappa shape index (κ1) is 24.6. The van der Waals surface area contributed by atoms with Gasteiger partial charge in [-0.2, -0.15) is 13.2 Å².